The van der Waals surface area contributed by atoms with Crippen molar-refractivity contribution in [3.05, 3.63) is 245 Å². The molecule has 0 fully saturated rings. The lowest BCUT2D eigenvalue weighted by atomic mass is 9.87. The van der Waals surface area contributed by atoms with Gasteiger partial charge in [0.1, 0.15) is 46.0 Å². The highest BCUT2D eigenvalue weighted by Crippen LogP contribution is 2.52. The highest BCUT2D eigenvalue weighted by molar-refractivity contribution is 6.34. The lowest BCUT2D eigenvalue weighted by Crippen LogP contribution is -2.40. The van der Waals surface area contributed by atoms with Crippen LogP contribution in [0.3, 0.4) is 0 Å². The number of carbonyl (C=O) groups is 4. The quantitative estimate of drug-likeness (QED) is 0.0384. The molecule has 4 amide bonds. The van der Waals surface area contributed by atoms with E-state index in [-0.39, 0.29) is 51.7 Å². The van der Waals surface area contributed by atoms with Crippen molar-refractivity contribution < 1.29 is 38.1 Å². The Morgan fingerprint density at radius 3 is 1.54 bits per heavy atom. The van der Waals surface area contributed by atoms with Crippen molar-refractivity contribution in [1.82, 2.24) is 0 Å². The van der Waals surface area contributed by atoms with Crippen molar-refractivity contribution in [3.8, 4) is 40.2 Å². The number of nitrogens with zero attached hydrogens (tertiary/aromatic N) is 2. The Balaban J connectivity index is 1.46. The fourth-order valence-electron chi connectivity index (χ4n) is 10.6. The van der Waals surface area contributed by atoms with Crippen LogP contribution in [-0.4, -0.2) is 24.1 Å². The Labute approximate surface area is 472 Å². The third-order valence-electron chi connectivity index (χ3n) is 14.4. The van der Waals surface area contributed by atoms with Crippen LogP contribution < -0.4 is 28.7 Å². The topological polar surface area (TPSA) is 112 Å². The normalized spacial score (nSPS) is 12.5. The molecule has 10 heteroatoms. The molecule has 0 unspecified atom stereocenters. The number of aryl methyl sites for hydroxylation is 1. The maximum atomic E-state index is 16.1. The molecule has 4 bridgehead atoms. The minimum absolute atomic E-state index is 0.0546. The van der Waals surface area contributed by atoms with Crippen molar-refractivity contribution in [2.75, 3.05) is 9.80 Å². The number of rotatable bonds is 17. The molecule has 81 heavy (non-hydrogen) atoms. The second-order valence-corrected chi connectivity index (χ2v) is 20.9. The molecule has 0 saturated heterocycles. The van der Waals surface area contributed by atoms with E-state index in [2.05, 4.69) is 6.58 Å². The van der Waals surface area contributed by atoms with Gasteiger partial charge < -0.3 is 18.9 Å². The summed E-state index contributed by atoms with van der Waals surface area (Å²) in [6, 6.07) is 51.4. The van der Waals surface area contributed by atoms with Crippen molar-refractivity contribution in [1.29, 1.82) is 0 Å². The highest BCUT2D eigenvalue weighted by Gasteiger charge is 2.35. The van der Waals surface area contributed by atoms with Gasteiger partial charge in [-0.2, -0.15) is 0 Å². The number of para-hydroxylation sites is 5. The summed E-state index contributed by atoms with van der Waals surface area (Å²) in [6.07, 6.45) is 7.59. The Bertz CT molecular complexity index is 4020. The van der Waals surface area contributed by atoms with Crippen LogP contribution in [0.25, 0.3) is 32.3 Å². The van der Waals surface area contributed by atoms with Crippen LogP contribution in [0.15, 0.2) is 207 Å². The summed E-state index contributed by atoms with van der Waals surface area (Å²) in [4.78, 5) is 63.3. The van der Waals surface area contributed by atoms with Gasteiger partial charge in [-0.15, -0.1) is 0 Å². The molecule has 0 aliphatic carbocycles. The van der Waals surface area contributed by atoms with E-state index in [4.69, 9.17) is 18.9 Å². The summed E-state index contributed by atoms with van der Waals surface area (Å²) < 4.78 is 28.2. The Kier molecular flexibility index (Phi) is 15.7. The monoisotopic (exact) mass is 1070 g/mol. The fourth-order valence-corrected chi connectivity index (χ4v) is 10.6. The molecule has 9 aromatic rings. The highest BCUT2D eigenvalue weighted by atomic mass is 16.5. The van der Waals surface area contributed by atoms with E-state index < -0.39 is 17.7 Å². The van der Waals surface area contributed by atoms with Gasteiger partial charge in [0.05, 0.1) is 16.9 Å². The Morgan fingerprint density at radius 1 is 0.531 bits per heavy atom. The van der Waals surface area contributed by atoms with E-state index in [1.54, 1.807) is 61.6 Å². The SMILES string of the molecule is C=C/C=C\C=C(/C)Oc1cc2cc(cc(Oc3ccccc3)c3cc1c1c(Oc4ccccc4)cc(C(=O)N(C=O)c4c(C(C)C)cccc4C(C)C)c4c(C)cc(Oc5ccccc5)c3c41)C(=O)N(c1ccccc1C(C)C)C2=O. The average Bonchev–Trinajstić information content (AvgIpc) is 3.46. The number of ether oxygens (including phenoxy) is 4. The van der Waals surface area contributed by atoms with Gasteiger partial charge in [-0.25, -0.2) is 9.80 Å². The summed E-state index contributed by atoms with van der Waals surface area (Å²) in [5, 5.41) is 2.76. The minimum Gasteiger partial charge on any atom is -0.461 e. The summed E-state index contributed by atoms with van der Waals surface area (Å²) in [5.41, 5.74) is 4.46. The van der Waals surface area contributed by atoms with Crippen LogP contribution in [0.1, 0.15) is 120 Å². The number of anilines is 2. The molecule has 0 aromatic heterocycles. The van der Waals surface area contributed by atoms with Crippen molar-refractivity contribution in [2.24, 2.45) is 0 Å². The predicted octanol–water partition coefficient (Wildman–Crippen LogP) is 18.4. The zero-order chi connectivity index (χ0) is 57.1. The van der Waals surface area contributed by atoms with Gasteiger partial charge in [-0.1, -0.05) is 157 Å². The van der Waals surface area contributed by atoms with Crippen LogP contribution in [-0.2, 0) is 4.79 Å². The molecular formula is C71H62N2O8. The van der Waals surface area contributed by atoms with Crippen LogP contribution in [0, 0.1) is 6.92 Å². The van der Waals surface area contributed by atoms with Gasteiger partial charge in [-0.3, -0.25) is 19.2 Å². The molecule has 1 heterocycles. The maximum Gasteiger partial charge on any atom is 0.265 e. The molecular weight excluding hydrogens is 1010 g/mol. The van der Waals surface area contributed by atoms with E-state index in [1.165, 1.54) is 9.80 Å². The molecule has 0 atom stereocenters. The summed E-state index contributed by atoms with van der Waals surface area (Å²) in [6.45, 7) is 19.7. The van der Waals surface area contributed by atoms with Crippen molar-refractivity contribution >= 4 is 67.8 Å². The van der Waals surface area contributed by atoms with Crippen LogP contribution in [0.4, 0.5) is 11.4 Å². The first-order valence-corrected chi connectivity index (χ1v) is 27.2. The average molecular weight is 1070 g/mol. The Morgan fingerprint density at radius 2 is 1.01 bits per heavy atom. The smallest absolute Gasteiger partial charge is 0.265 e. The molecule has 9 aromatic carbocycles. The molecule has 0 spiro atoms. The third-order valence-corrected chi connectivity index (χ3v) is 14.4. The summed E-state index contributed by atoms with van der Waals surface area (Å²) >= 11 is 0. The number of benzene rings is 8. The van der Waals surface area contributed by atoms with Crippen LogP contribution in [0.2, 0.25) is 0 Å². The second kappa shape index (κ2) is 23.3. The second-order valence-electron chi connectivity index (χ2n) is 20.9. The predicted molar refractivity (Wildman–Crippen MR) is 325 cm³/mol. The minimum atomic E-state index is -0.599. The van der Waals surface area contributed by atoms with E-state index in [0.717, 1.165) is 16.7 Å². The molecule has 0 radical (unpaired) electrons. The zero-order valence-corrected chi connectivity index (χ0v) is 46.7. The number of fused-ring (bicyclic) bond motifs is 6. The van der Waals surface area contributed by atoms with Gasteiger partial charge in [0.15, 0.2) is 0 Å². The molecule has 0 N–H and O–H groups in total. The van der Waals surface area contributed by atoms with E-state index in [9.17, 15) is 4.79 Å². The van der Waals surface area contributed by atoms with E-state index in [0.29, 0.717) is 84.4 Å². The van der Waals surface area contributed by atoms with Gasteiger partial charge >= 0.3 is 0 Å². The fraction of sp³-hybridized carbons (Fsp3) is 0.155. The van der Waals surface area contributed by atoms with E-state index >= 15 is 14.4 Å². The number of hydrogen-bond acceptors (Lipinski definition) is 8. The first-order chi connectivity index (χ1) is 39.2. The summed E-state index contributed by atoms with van der Waals surface area (Å²) in [5.74, 6) is 0.910. The molecule has 10 nitrogen and oxygen atoms in total. The van der Waals surface area contributed by atoms with Gasteiger partial charge in [0.2, 0.25) is 6.41 Å². The molecule has 1 aliphatic rings. The Hall–Kier alpha value is -9.80. The zero-order valence-electron chi connectivity index (χ0n) is 46.7. The molecule has 0 saturated carbocycles. The van der Waals surface area contributed by atoms with Crippen molar-refractivity contribution in [3.63, 3.8) is 0 Å². The van der Waals surface area contributed by atoms with Crippen molar-refractivity contribution in [2.45, 2.75) is 73.1 Å². The van der Waals surface area contributed by atoms with E-state index in [1.807, 2.05) is 188 Å². The van der Waals surface area contributed by atoms with Gasteiger partial charge in [-0.05, 0) is 144 Å². The lowest BCUT2D eigenvalue weighted by molar-refractivity contribution is -0.107. The van der Waals surface area contributed by atoms with Gasteiger partial charge in [0.25, 0.3) is 17.7 Å². The molecule has 404 valence electrons. The maximum absolute atomic E-state index is 16.1. The number of carbonyl (C=O) groups excluding carboxylic acids is 4. The molecule has 1 aliphatic heterocycles. The van der Waals surface area contributed by atoms with Crippen LogP contribution >= 0.6 is 0 Å². The largest absolute Gasteiger partial charge is 0.461 e. The van der Waals surface area contributed by atoms with Crippen LogP contribution in [0.5, 0.6) is 40.2 Å². The number of allylic oxidation sites excluding steroid dienone is 5. The number of hydrogen-bond donors (Lipinski definition) is 0. The standard InChI is InChI=1S/C71H62N2O8/c1-10-11-15-25-47(9)78-60-38-48-37-49(70(76)73(69(48)75)59-35-23-22-32-53(59)43(2)3)39-61(79-50-26-16-12-17-27-50)57-40-56(60)66-63(81-52-30-20-14-21-31-52)41-58(64-46(8)36-62(65(57)67(64)66)80-51-28-18-13-19-29-51)71(77)72(42-74)68-54(44(4)5)33-24-34-55(68)45(6)7/h10-45H,1H2,2-9H3/b15-11-,47-25+,48-38?,49-39?,60-38?,60-56?,61-39?,61-57?. The van der Waals surface area contributed by atoms with Gasteiger partial charge in [0, 0.05) is 38.1 Å². The lowest BCUT2D eigenvalue weighted by Gasteiger charge is -2.28. The third kappa shape index (κ3) is 10.8. The summed E-state index contributed by atoms with van der Waals surface area (Å²) in [7, 11) is 0. The number of imide groups is 2. The first kappa shape index (κ1) is 54.6. The first-order valence-electron chi connectivity index (χ1n) is 27.2. The number of amides is 4. The molecule has 10 rings (SSSR count).